The molecule has 1 unspecified atom stereocenters. The molecule has 0 spiro atoms. The maximum Gasteiger partial charge on any atom is 0.243 e. The Morgan fingerprint density at radius 3 is 2.62 bits per heavy atom. The summed E-state index contributed by atoms with van der Waals surface area (Å²) in [6.45, 7) is 6.14. The van der Waals surface area contributed by atoms with Gasteiger partial charge >= 0.3 is 0 Å². The zero-order chi connectivity index (χ0) is 21.9. The molecule has 0 aromatic heterocycles. The molecule has 180 valence electrons. The van der Waals surface area contributed by atoms with Crippen LogP contribution >= 0.6 is 35.7 Å². The molecule has 1 atom stereocenters. The maximum atomic E-state index is 12.0. The second-order valence-corrected chi connectivity index (χ2v) is 9.66. The van der Waals surface area contributed by atoms with Gasteiger partial charge in [-0.05, 0) is 37.3 Å². The van der Waals surface area contributed by atoms with Crippen LogP contribution in [0.25, 0.3) is 0 Å². The summed E-state index contributed by atoms with van der Waals surface area (Å²) in [6, 6.07) is 10.8. The van der Waals surface area contributed by atoms with Crippen LogP contribution in [0, 0.1) is 5.92 Å². The fourth-order valence-electron chi connectivity index (χ4n) is 3.84. The van der Waals surface area contributed by atoms with Crippen molar-refractivity contribution in [3.8, 4) is 0 Å². The SMILES string of the molecule is CN(C)C(=O)CN=C(NCCSc1ccccc1)NC1CCN(CC2CCOC2)CC1.I. The van der Waals surface area contributed by atoms with Gasteiger partial charge in [-0.15, -0.1) is 35.7 Å². The zero-order valence-electron chi connectivity index (χ0n) is 19.3. The number of halogens is 1. The van der Waals surface area contributed by atoms with Gasteiger partial charge < -0.3 is 25.2 Å². The molecule has 2 saturated heterocycles. The smallest absolute Gasteiger partial charge is 0.243 e. The lowest BCUT2D eigenvalue weighted by atomic mass is 10.0. The molecule has 3 rings (SSSR count). The van der Waals surface area contributed by atoms with E-state index < -0.39 is 0 Å². The number of likely N-dealkylation sites (N-methyl/N-ethyl adjacent to an activating group) is 1. The van der Waals surface area contributed by atoms with Crippen LogP contribution in [0.3, 0.4) is 0 Å². The molecule has 1 aromatic rings. The van der Waals surface area contributed by atoms with Gasteiger partial charge in [0.05, 0.1) is 6.61 Å². The lowest BCUT2D eigenvalue weighted by Crippen LogP contribution is -2.50. The Morgan fingerprint density at radius 1 is 1.22 bits per heavy atom. The number of carbonyl (C=O) groups excluding carboxylic acids is 1. The first-order chi connectivity index (χ1) is 15.1. The van der Waals surface area contributed by atoms with Crippen molar-refractivity contribution < 1.29 is 9.53 Å². The Balaban J connectivity index is 0.00000363. The Morgan fingerprint density at radius 2 is 1.97 bits per heavy atom. The highest BCUT2D eigenvalue weighted by Crippen LogP contribution is 2.18. The molecule has 9 heteroatoms. The van der Waals surface area contributed by atoms with Crippen molar-refractivity contribution in [1.82, 2.24) is 20.4 Å². The highest BCUT2D eigenvalue weighted by Gasteiger charge is 2.24. The van der Waals surface area contributed by atoms with Gasteiger partial charge in [-0.1, -0.05) is 18.2 Å². The van der Waals surface area contributed by atoms with Crippen molar-refractivity contribution in [3.05, 3.63) is 30.3 Å². The minimum atomic E-state index is 0. The highest BCUT2D eigenvalue weighted by atomic mass is 127. The van der Waals surface area contributed by atoms with Crippen LogP contribution in [0.15, 0.2) is 40.2 Å². The normalized spacial score (nSPS) is 19.9. The Kier molecular flexibility index (Phi) is 12.7. The maximum absolute atomic E-state index is 12.0. The summed E-state index contributed by atoms with van der Waals surface area (Å²) >= 11 is 1.82. The molecule has 2 N–H and O–H groups in total. The number of piperidine rings is 1. The van der Waals surface area contributed by atoms with E-state index in [-0.39, 0.29) is 36.4 Å². The zero-order valence-corrected chi connectivity index (χ0v) is 22.4. The summed E-state index contributed by atoms with van der Waals surface area (Å²) in [5.41, 5.74) is 0. The summed E-state index contributed by atoms with van der Waals surface area (Å²) in [7, 11) is 3.53. The second kappa shape index (κ2) is 15.0. The average Bonchev–Trinajstić information content (AvgIpc) is 3.29. The topological polar surface area (TPSA) is 69.2 Å². The molecule has 32 heavy (non-hydrogen) atoms. The van der Waals surface area contributed by atoms with Gasteiger partial charge in [0.1, 0.15) is 6.54 Å². The lowest BCUT2D eigenvalue weighted by Gasteiger charge is -2.34. The molecule has 2 heterocycles. The van der Waals surface area contributed by atoms with Crippen LogP contribution in [0.4, 0.5) is 0 Å². The van der Waals surface area contributed by atoms with Gasteiger partial charge in [0.15, 0.2) is 5.96 Å². The van der Waals surface area contributed by atoms with Crippen molar-refractivity contribution in [2.24, 2.45) is 10.9 Å². The van der Waals surface area contributed by atoms with E-state index in [2.05, 4.69) is 44.8 Å². The second-order valence-electron chi connectivity index (χ2n) is 8.49. The predicted molar refractivity (Wildman–Crippen MR) is 143 cm³/mol. The fourth-order valence-corrected chi connectivity index (χ4v) is 4.63. The number of ether oxygens (including phenoxy) is 1. The number of guanidine groups is 1. The third-order valence-corrected chi connectivity index (χ3v) is 6.76. The van der Waals surface area contributed by atoms with Crippen LogP contribution in [-0.2, 0) is 9.53 Å². The molecular weight excluding hydrogens is 537 g/mol. The minimum Gasteiger partial charge on any atom is -0.381 e. The van der Waals surface area contributed by atoms with Crippen LogP contribution < -0.4 is 10.6 Å². The molecular formula is C23H38IN5O2S. The number of hydrogen-bond donors (Lipinski definition) is 2. The van der Waals surface area contributed by atoms with E-state index in [1.807, 2.05) is 17.8 Å². The third-order valence-electron chi connectivity index (χ3n) is 5.75. The van der Waals surface area contributed by atoms with Gasteiger partial charge in [-0.2, -0.15) is 0 Å². The number of rotatable bonds is 9. The number of hydrogen-bond acceptors (Lipinski definition) is 5. The Hall–Kier alpha value is -1.04. The number of nitrogens with one attached hydrogen (secondary N) is 2. The van der Waals surface area contributed by atoms with E-state index in [0.717, 1.165) is 63.9 Å². The Labute approximate surface area is 214 Å². The summed E-state index contributed by atoms with van der Waals surface area (Å²) in [5, 5.41) is 6.99. The largest absolute Gasteiger partial charge is 0.381 e. The number of thioether (sulfide) groups is 1. The molecule has 0 aliphatic carbocycles. The van der Waals surface area contributed by atoms with E-state index in [9.17, 15) is 4.79 Å². The van der Waals surface area contributed by atoms with E-state index in [0.29, 0.717) is 12.0 Å². The van der Waals surface area contributed by atoms with E-state index in [4.69, 9.17) is 4.74 Å². The number of nitrogens with zero attached hydrogens (tertiary/aromatic N) is 3. The molecule has 0 bridgehead atoms. The molecule has 0 saturated carbocycles. The van der Waals surface area contributed by atoms with Crippen LogP contribution in [0.1, 0.15) is 19.3 Å². The predicted octanol–water partition coefficient (Wildman–Crippen LogP) is 2.52. The molecule has 1 aromatic carbocycles. The minimum absolute atomic E-state index is 0. The number of carbonyl (C=O) groups is 1. The number of benzene rings is 1. The number of amides is 1. The monoisotopic (exact) mass is 575 g/mol. The standard InChI is InChI=1S/C23H37N5O2S.HI/c1-27(2)22(29)16-25-23(24-11-15-31-21-6-4-3-5-7-21)26-20-8-12-28(13-9-20)17-19-10-14-30-18-19;/h3-7,19-20H,8-18H2,1-2H3,(H2,24,25,26);1H. The van der Waals surface area contributed by atoms with Crippen LogP contribution in [0.5, 0.6) is 0 Å². The van der Waals surface area contributed by atoms with Gasteiger partial charge in [-0.3, -0.25) is 4.79 Å². The fraction of sp³-hybridized carbons (Fsp3) is 0.652. The summed E-state index contributed by atoms with van der Waals surface area (Å²) in [4.78, 5) is 22.0. The number of aliphatic imine (C=N–C) groups is 1. The van der Waals surface area contributed by atoms with Crippen LogP contribution in [0.2, 0.25) is 0 Å². The van der Waals surface area contributed by atoms with Gasteiger partial charge in [0, 0.05) is 63.6 Å². The van der Waals surface area contributed by atoms with Crippen LogP contribution in [-0.4, -0.2) is 93.5 Å². The third kappa shape index (κ3) is 9.84. The number of likely N-dealkylation sites (tertiary alicyclic amines) is 1. The highest BCUT2D eigenvalue weighted by molar-refractivity contribution is 14.0. The van der Waals surface area contributed by atoms with Crippen molar-refractivity contribution >= 4 is 47.6 Å². The lowest BCUT2D eigenvalue weighted by molar-refractivity contribution is -0.127. The molecule has 7 nitrogen and oxygen atoms in total. The molecule has 2 fully saturated rings. The van der Waals surface area contributed by atoms with Gasteiger partial charge in [-0.25, -0.2) is 4.99 Å². The van der Waals surface area contributed by atoms with Gasteiger partial charge in [0.25, 0.3) is 0 Å². The van der Waals surface area contributed by atoms with Crippen molar-refractivity contribution in [2.45, 2.75) is 30.2 Å². The van der Waals surface area contributed by atoms with Crippen molar-refractivity contribution in [1.29, 1.82) is 0 Å². The first kappa shape index (κ1) is 27.2. The van der Waals surface area contributed by atoms with Gasteiger partial charge in [0.2, 0.25) is 5.91 Å². The first-order valence-corrected chi connectivity index (χ1v) is 12.3. The molecule has 1 amide bonds. The van der Waals surface area contributed by atoms with E-state index in [1.54, 1.807) is 19.0 Å². The van der Waals surface area contributed by atoms with Crippen molar-refractivity contribution in [2.75, 3.05) is 65.8 Å². The molecule has 2 aliphatic rings. The molecule has 2 aliphatic heterocycles. The first-order valence-electron chi connectivity index (χ1n) is 11.3. The average molecular weight is 576 g/mol. The van der Waals surface area contributed by atoms with E-state index in [1.165, 1.54) is 11.3 Å². The summed E-state index contributed by atoms with van der Waals surface area (Å²) in [5.74, 6) is 2.39. The Bertz CT molecular complexity index is 693. The summed E-state index contributed by atoms with van der Waals surface area (Å²) < 4.78 is 5.51. The van der Waals surface area contributed by atoms with Crippen molar-refractivity contribution in [3.63, 3.8) is 0 Å². The molecule has 0 radical (unpaired) electrons. The quantitative estimate of drug-likeness (QED) is 0.155. The van der Waals surface area contributed by atoms with E-state index >= 15 is 0 Å². The summed E-state index contributed by atoms with van der Waals surface area (Å²) in [6.07, 6.45) is 3.38.